The van der Waals surface area contributed by atoms with Crippen molar-refractivity contribution in [1.29, 1.82) is 0 Å². The van der Waals surface area contributed by atoms with E-state index in [9.17, 15) is 0 Å². The first kappa shape index (κ1) is 11.9. The summed E-state index contributed by atoms with van der Waals surface area (Å²) in [6.45, 7) is 1.33. The van der Waals surface area contributed by atoms with Gasteiger partial charge in [-0.3, -0.25) is 0 Å². The molecule has 0 saturated heterocycles. The summed E-state index contributed by atoms with van der Waals surface area (Å²) >= 11 is 3.40. The lowest BCUT2D eigenvalue weighted by Crippen LogP contribution is -2.12. The molecule has 0 radical (unpaired) electrons. The van der Waals surface area contributed by atoms with Crippen LogP contribution < -0.4 is 10.1 Å². The molecule has 17 heavy (non-hydrogen) atoms. The molecule has 0 saturated carbocycles. The Kier molecular flexibility index (Phi) is 4.38. The van der Waals surface area contributed by atoms with Gasteiger partial charge >= 0.3 is 0 Å². The molecule has 0 unspecified atom stereocenters. The average Bonchev–Trinajstić information content (AvgIpc) is 2.36. The number of hydrogen-bond acceptors (Lipinski definition) is 3. The van der Waals surface area contributed by atoms with Gasteiger partial charge in [0.1, 0.15) is 18.2 Å². The van der Waals surface area contributed by atoms with E-state index < -0.39 is 0 Å². The van der Waals surface area contributed by atoms with Crippen molar-refractivity contribution < 1.29 is 4.74 Å². The lowest BCUT2D eigenvalue weighted by Gasteiger charge is -2.08. The number of hydrogen-bond donors (Lipinski definition) is 1. The molecule has 1 heterocycles. The highest BCUT2D eigenvalue weighted by atomic mass is 79.9. The van der Waals surface area contributed by atoms with Crippen LogP contribution in [0.5, 0.6) is 5.75 Å². The van der Waals surface area contributed by atoms with E-state index in [4.69, 9.17) is 4.74 Å². The maximum atomic E-state index is 5.59. The number of nitrogens with zero attached hydrogens (tertiary/aromatic N) is 1. The summed E-state index contributed by atoms with van der Waals surface area (Å²) in [5, 5.41) is 3.18. The molecule has 1 aromatic heterocycles. The van der Waals surface area contributed by atoms with E-state index in [1.54, 1.807) is 6.20 Å². The molecule has 2 rings (SSSR count). The van der Waals surface area contributed by atoms with E-state index in [1.807, 2.05) is 42.5 Å². The molecule has 1 N–H and O–H groups in total. The van der Waals surface area contributed by atoms with Crippen molar-refractivity contribution in [2.45, 2.75) is 0 Å². The molecule has 0 aliphatic carbocycles. The highest BCUT2D eigenvalue weighted by Crippen LogP contribution is 2.17. The zero-order valence-electron chi connectivity index (χ0n) is 9.27. The predicted molar refractivity (Wildman–Crippen MR) is 72.4 cm³/mol. The van der Waals surface area contributed by atoms with E-state index in [0.29, 0.717) is 6.61 Å². The predicted octanol–water partition coefficient (Wildman–Crippen LogP) is 3.34. The second-order valence-corrected chi connectivity index (χ2v) is 4.36. The molecule has 1 aromatic carbocycles. The SMILES string of the molecule is Brc1cccc(OCCNc2ccccn2)c1. The van der Waals surface area contributed by atoms with Gasteiger partial charge < -0.3 is 10.1 Å². The van der Waals surface area contributed by atoms with Gasteiger partial charge in [0.15, 0.2) is 0 Å². The van der Waals surface area contributed by atoms with Crippen molar-refractivity contribution in [1.82, 2.24) is 4.98 Å². The molecule has 0 amide bonds. The standard InChI is InChI=1S/C13H13BrN2O/c14-11-4-3-5-12(10-11)17-9-8-16-13-6-1-2-7-15-13/h1-7,10H,8-9H2,(H,15,16). The summed E-state index contributed by atoms with van der Waals surface area (Å²) in [5.41, 5.74) is 0. The molecular formula is C13H13BrN2O. The Morgan fingerprint density at radius 2 is 2.12 bits per heavy atom. The number of aromatic nitrogens is 1. The quantitative estimate of drug-likeness (QED) is 0.859. The Balaban J connectivity index is 1.73. The van der Waals surface area contributed by atoms with Crippen molar-refractivity contribution >= 4 is 21.7 Å². The Hall–Kier alpha value is -1.55. The third-order valence-electron chi connectivity index (χ3n) is 2.14. The van der Waals surface area contributed by atoms with Crippen LogP contribution in [0.2, 0.25) is 0 Å². The lowest BCUT2D eigenvalue weighted by atomic mass is 10.3. The Labute approximate surface area is 109 Å². The molecule has 88 valence electrons. The average molecular weight is 293 g/mol. The second-order valence-electron chi connectivity index (χ2n) is 3.45. The summed E-state index contributed by atoms with van der Waals surface area (Å²) in [6, 6.07) is 13.6. The number of pyridine rings is 1. The topological polar surface area (TPSA) is 34.1 Å². The minimum atomic E-state index is 0.604. The molecule has 0 fully saturated rings. The molecular weight excluding hydrogens is 280 g/mol. The van der Waals surface area contributed by atoms with Crippen molar-refractivity contribution in [3.8, 4) is 5.75 Å². The zero-order valence-corrected chi connectivity index (χ0v) is 10.9. The normalized spacial score (nSPS) is 9.94. The third-order valence-corrected chi connectivity index (χ3v) is 2.63. The van der Waals surface area contributed by atoms with Crippen LogP contribution in [-0.4, -0.2) is 18.1 Å². The summed E-state index contributed by atoms with van der Waals surface area (Å²) in [6.07, 6.45) is 1.76. The van der Waals surface area contributed by atoms with Gasteiger partial charge in [-0.1, -0.05) is 28.1 Å². The molecule has 0 aliphatic heterocycles. The maximum Gasteiger partial charge on any atom is 0.125 e. The van der Waals surface area contributed by atoms with Crippen LogP contribution in [0.25, 0.3) is 0 Å². The van der Waals surface area contributed by atoms with Gasteiger partial charge in [0.2, 0.25) is 0 Å². The Bertz CT molecular complexity index is 462. The van der Waals surface area contributed by atoms with Gasteiger partial charge in [-0.15, -0.1) is 0 Å². The lowest BCUT2D eigenvalue weighted by molar-refractivity contribution is 0.332. The van der Waals surface area contributed by atoms with Gasteiger partial charge in [-0.2, -0.15) is 0 Å². The van der Waals surface area contributed by atoms with E-state index in [2.05, 4.69) is 26.2 Å². The summed E-state index contributed by atoms with van der Waals surface area (Å²) in [5.74, 6) is 1.73. The molecule has 0 aliphatic rings. The highest BCUT2D eigenvalue weighted by molar-refractivity contribution is 9.10. The molecule has 0 atom stereocenters. The van der Waals surface area contributed by atoms with Crippen LogP contribution in [0.4, 0.5) is 5.82 Å². The van der Waals surface area contributed by atoms with Crippen LogP contribution in [0, 0.1) is 0 Å². The molecule has 3 nitrogen and oxygen atoms in total. The van der Waals surface area contributed by atoms with Gasteiger partial charge in [0.25, 0.3) is 0 Å². The fraction of sp³-hybridized carbons (Fsp3) is 0.154. The Morgan fingerprint density at radius 3 is 2.88 bits per heavy atom. The van der Waals surface area contributed by atoms with E-state index in [-0.39, 0.29) is 0 Å². The third kappa shape index (κ3) is 4.07. The monoisotopic (exact) mass is 292 g/mol. The van der Waals surface area contributed by atoms with Crippen LogP contribution in [-0.2, 0) is 0 Å². The maximum absolute atomic E-state index is 5.59. The number of rotatable bonds is 5. The first-order chi connectivity index (χ1) is 8.34. The van der Waals surface area contributed by atoms with Crippen molar-refractivity contribution in [2.75, 3.05) is 18.5 Å². The van der Waals surface area contributed by atoms with E-state index in [1.165, 1.54) is 0 Å². The largest absolute Gasteiger partial charge is 0.492 e. The minimum absolute atomic E-state index is 0.604. The highest BCUT2D eigenvalue weighted by Gasteiger charge is 1.95. The molecule has 2 aromatic rings. The fourth-order valence-corrected chi connectivity index (χ4v) is 1.75. The number of ether oxygens (including phenoxy) is 1. The van der Waals surface area contributed by atoms with Crippen LogP contribution in [0.15, 0.2) is 53.1 Å². The first-order valence-corrected chi connectivity index (χ1v) is 6.17. The van der Waals surface area contributed by atoms with Gasteiger partial charge in [0.05, 0.1) is 6.54 Å². The molecule has 0 spiro atoms. The van der Waals surface area contributed by atoms with Crippen LogP contribution in [0.3, 0.4) is 0 Å². The minimum Gasteiger partial charge on any atom is -0.492 e. The van der Waals surface area contributed by atoms with Crippen molar-refractivity contribution in [2.24, 2.45) is 0 Å². The van der Waals surface area contributed by atoms with Gasteiger partial charge in [0, 0.05) is 10.7 Å². The van der Waals surface area contributed by atoms with Crippen molar-refractivity contribution in [3.63, 3.8) is 0 Å². The van der Waals surface area contributed by atoms with Crippen molar-refractivity contribution in [3.05, 3.63) is 53.1 Å². The fourth-order valence-electron chi connectivity index (χ4n) is 1.37. The summed E-state index contributed by atoms with van der Waals surface area (Å²) in [7, 11) is 0. The Morgan fingerprint density at radius 1 is 1.18 bits per heavy atom. The number of halogens is 1. The van der Waals surface area contributed by atoms with E-state index >= 15 is 0 Å². The summed E-state index contributed by atoms with van der Waals surface area (Å²) < 4.78 is 6.61. The van der Waals surface area contributed by atoms with Gasteiger partial charge in [-0.25, -0.2) is 4.98 Å². The summed E-state index contributed by atoms with van der Waals surface area (Å²) in [4.78, 5) is 4.16. The smallest absolute Gasteiger partial charge is 0.125 e. The molecule has 4 heteroatoms. The zero-order chi connectivity index (χ0) is 11.9. The van der Waals surface area contributed by atoms with Gasteiger partial charge in [-0.05, 0) is 30.3 Å². The molecule has 0 bridgehead atoms. The first-order valence-electron chi connectivity index (χ1n) is 5.38. The van der Waals surface area contributed by atoms with E-state index in [0.717, 1.165) is 22.6 Å². The van der Waals surface area contributed by atoms with Crippen LogP contribution in [0.1, 0.15) is 0 Å². The number of anilines is 1. The number of benzene rings is 1. The second kappa shape index (κ2) is 6.25. The van der Waals surface area contributed by atoms with Crippen LogP contribution >= 0.6 is 15.9 Å². The number of nitrogens with one attached hydrogen (secondary N) is 1.